The van der Waals surface area contributed by atoms with Gasteiger partial charge >= 0.3 is 0 Å². The molecule has 2 amide bonds. The molecule has 1 rings (SSSR count). The summed E-state index contributed by atoms with van der Waals surface area (Å²) in [5, 5.41) is 2.67. The number of carbonyl (C=O) groups excluding carboxylic acids is 2. The number of amides is 2. The Bertz CT molecular complexity index is 433. The van der Waals surface area contributed by atoms with Crippen molar-refractivity contribution in [1.82, 2.24) is 5.43 Å². The average Bonchev–Trinajstić information content (AvgIpc) is 2.25. The topological polar surface area (TPSA) is 70.2 Å². The van der Waals surface area contributed by atoms with E-state index in [4.69, 9.17) is 0 Å². The Morgan fingerprint density at radius 1 is 1.00 bits per heavy atom. The second-order valence-corrected chi connectivity index (χ2v) is 5.09. The highest BCUT2D eigenvalue weighted by atomic mass is 16.2. The van der Waals surface area contributed by atoms with Crippen LogP contribution in [0, 0.1) is 5.41 Å². The van der Waals surface area contributed by atoms with Crippen molar-refractivity contribution in [3.05, 3.63) is 24.3 Å². The summed E-state index contributed by atoms with van der Waals surface area (Å²) >= 11 is 0. The lowest BCUT2D eigenvalue weighted by molar-refractivity contribution is -0.128. The molecule has 0 aliphatic rings. The Kier molecular flexibility index (Phi) is 4.31. The van der Waals surface area contributed by atoms with Crippen molar-refractivity contribution in [2.45, 2.75) is 27.7 Å². The maximum atomic E-state index is 11.6. The number of hydrazine groups is 1. The van der Waals surface area contributed by atoms with Gasteiger partial charge in [0.15, 0.2) is 0 Å². The Morgan fingerprint density at radius 3 is 1.94 bits per heavy atom. The molecule has 0 saturated carbocycles. The Labute approximate surface area is 107 Å². The van der Waals surface area contributed by atoms with Crippen LogP contribution in [0.25, 0.3) is 0 Å². The Balaban J connectivity index is 2.54. The minimum Gasteiger partial charge on any atom is -0.326 e. The summed E-state index contributed by atoms with van der Waals surface area (Å²) in [6.45, 7) is 6.97. The van der Waals surface area contributed by atoms with Crippen molar-refractivity contribution in [3.8, 4) is 0 Å². The third-order valence-electron chi connectivity index (χ3n) is 2.21. The predicted molar refractivity (Wildman–Crippen MR) is 72.0 cm³/mol. The first-order valence-electron chi connectivity index (χ1n) is 5.73. The quantitative estimate of drug-likeness (QED) is 0.719. The number of carbonyl (C=O) groups is 2. The summed E-state index contributed by atoms with van der Waals surface area (Å²) in [5.74, 6) is -0.204. The number of hydrogen-bond acceptors (Lipinski definition) is 3. The van der Waals surface area contributed by atoms with E-state index in [1.807, 2.05) is 20.8 Å². The summed E-state index contributed by atoms with van der Waals surface area (Å²) in [5.41, 5.74) is 6.47. The zero-order chi connectivity index (χ0) is 13.8. The third-order valence-corrected chi connectivity index (χ3v) is 2.21. The van der Waals surface area contributed by atoms with Gasteiger partial charge in [-0.15, -0.1) is 0 Å². The number of anilines is 2. The van der Waals surface area contributed by atoms with Crippen LogP contribution in [0.1, 0.15) is 27.7 Å². The number of rotatable bonds is 3. The summed E-state index contributed by atoms with van der Waals surface area (Å²) in [6, 6.07) is 7.06. The van der Waals surface area contributed by atoms with Crippen LogP contribution in [0.5, 0.6) is 0 Å². The molecule has 0 heterocycles. The number of benzene rings is 1. The summed E-state index contributed by atoms with van der Waals surface area (Å²) in [6.07, 6.45) is 0. The smallest absolute Gasteiger partial charge is 0.243 e. The van der Waals surface area contributed by atoms with Crippen LogP contribution in [-0.2, 0) is 9.59 Å². The molecule has 18 heavy (non-hydrogen) atoms. The standard InChI is InChI=1S/C13H19N3O2/c1-9(17)14-10-5-7-11(8-6-10)15-16-12(18)13(2,3)4/h5-8,15H,1-4H3,(H,14,17)(H,16,18). The SMILES string of the molecule is CC(=O)Nc1ccc(NNC(=O)C(C)(C)C)cc1. The van der Waals surface area contributed by atoms with Crippen molar-refractivity contribution < 1.29 is 9.59 Å². The van der Waals surface area contributed by atoms with Gasteiger partial charge in [0.2, 0.25) is 11.8 Å². The van der Waals surface area contributed by atoms with Crippen LogP contribution in [0.4, 0.5) is 11.4 Å². The Hall–Kier alpha value is -2.04. The molecule has 0 radical (unpaired) electrons. The van der Waals surface area contributed by atoms with E-state index in [2.05, 4.69) is 16.2 Å². The van der Waals surface area contributed by atoms with Gasteiger partial charge in [-0.1, -0.05) is 20.8 Å². The third kappa shape index (κ3) is 4.45. The fourth-order valence-corrected chi connectivity index (χ4v) is 1.16. The second kappa shape index (κ2) is 5.53. The van der Waals surface area contributed by atoms with Crippen LogP contribution in [-0.4, -0.2) is 11.8 Å². The van der Waals surface area contributed by atoms with Crippen LogP contribution in [0.3, 0.4) is 0 Å². The zero-order valence-electron chi connectivity index (χ0n) is 11.1. The lowest BCUT2D eigenvalue weighted by Crippen LogP contribution is -2.38. The van der Waals surface area contributed by atoms with E-state index in [1.54, 1.807) is 24.3 Å². The first kappa shape index (κ1) is 14.0. The maximum Gasteiger partial charge on any atom is 0.243 e. The molecule has 0 atom stereocenters. The van der Waals surface area contributed by atoms with Gasteiger partial charge in [-0.05, 0) is 24.3 Å². The molecule has 98 valence electrons. The zero-order valence-corrected chi connectivity index (χ0v) is 11.1. The first-order valence-corrected chi connectivity index (χ1v) is 5.73. The summed E-state index contributed by atoms with van der Waals surface area (Å²) < 4.78 is 0. The molecular formula is C13H19N3O2. The molecule has 0 spiro atoms. The van der Waals surface area contributed by atoms with Crippen LogP contribution >= 0.6 is 0 Å². The highest BCUT2D eigenvalue weighted by Gasteiger charge is 2.20. The van der Waals surface area contributed by atoms with E-state index in [1.165, 1.54) is 6.92 Å². The second-order valence-electron chi connectivity index (χ2n) is 5.09. The first-order chi connectivity index (χ1) is 8.29. The van der Waals surface area contributed by atoms with Gasteiger partial charge in [0.25, 0.3) is 0 Å². The van der Waals surface area contributed by atoms with Crippen molar-refractivity contribution in [2.24, 2.45) is 5.41 Å². The Morgan fingerprint density at radius 2 is 1.50 bits per heavy atom. The van der Waals surface area contributed by atoms with E-state index >= 15 is 0 Å². The van der Waals surface area contributed by atoms with Crippen molar-refractivity contribution in [3.63, 3.8) is 0 Å². The van der Waals surface area contributed by atoms with E-state index in [0.717, 1.165) is 11.4 Å². The van der Waals surface area contributed by atoms with Crippen molar-refractivity contribution in [1.29, 1.82) is 0 Å². The molecule has 0 unspecified atom stereocenters. The van der Waals surface area contributed by atoms with Gasteiger partial charge in [-0.2, -0.15) is 0 Å². The summed E-state index contributed by atoms with van der Waals surface area (Å²) in [4.78, 5) is 22.5. The molecule has 0 aromatic heterocycles. The van der Waals surface area contributed by atoms with Crippen molar-refractivity contribution >= 4 is 23.2 Å². The highest BCUT2D eigenvalue weighted by Crippen LogP contribution is 2.15. The van der Waals surface area contributed by atoms with Gasteiger partial charge < -0.3 is 5.32 Å². The highest BCUT2D eigenvalue weighted by molar-refractivity contribution is 5.88. The molecule has 0 bridgehead atoms. The molecule has 0 saturated heterocycles. The van der Waals surface area contributed by atoms with Gasteiger partial charge in [0, 0.05) is 18.0 Å². The van der Waals surface area contributed by atoms with Gasteiger partial charge in [-0.25, -0.2) is 0 Å². The number of hydrogen-bond donors (Lipinski definition) is 3. The van der Waals surface area contributed by atoms with Crippen LogP contribution in [0.15, 0.2) is 24.3 Å². The monoisotopic (exact) mass is 249 g/mol. The van der Waals surface area contributed by atoms with E-state index in [9.17, 15) is 9.59 Å². The van der Waals surface area contributed by atoms with E-state index in [-0.39, 0.29) is 11.8 Å². The largest absolute Gasteiger partial charge is 0.326 e. The molecule has 3 N–H and O–H groups in total. The van der Waals surface area contributed by atoms with Crippen molar-refractivity contribution in [2.75, 3.05) is 10.7 Å². The van der Waals surface area contributed by atoms with Gasteiger partial charge in [-0.3, -0.25) is 20.4 Å². The fraction of sp³-hybridized carbons (Fsp3) is 0.385. The molecule has 1 aromatic rings. The minimum absolute atomic E-state index is 0.0894. The molecule has 0 aliphatic heterocycles. The van der Waals surface area contributed by atoms with Gasteiger partial charge in [0.1, 0.15) is 0 Å². The lowest BCUT2D eigenvalue weighted by Gasteiger charge is -2.18. The van der Waals surface area contributed by atoms with Gasteiger partial charge in [0.05, 0.1) is 5.69 Å². The molecular weight excluding hydrogens is 230 g/mol. The number of nitrogens with one attached hydrogen (secondary N) is 3. The minimum atomic E-state index is -0.441. The van der Waals surface area contributed by atoms with Crippen LogP contribution < -0.4 is 16.2 Å². The molecule has 0 fully saturated rings. The molecule has 1 aromatic carbocycles. The molecule has 5 nitrogen and oxygen atoms in total. The fourth-order valence-electron chi connectivity index (χ4n) is 1.16. The lowest BCUT2D eigenvalue weighted by atomic mass is 9.96. The normalized spacial score (nSPS) is 10.7. The van der Waals surface area contributed by atoms with E-state index in [0.29, 0.717) is 0 Å². The van der Waals surface area contributed by atoms with Crippen LogP contribution in [0.2, 0.25) is 0 Å². The summed E-state index contributed by atoms with van der Waals surface area (Å²) in [7, 11) is 0. The molecule has 0 aliphatic carbocycles. The average molecular weight is 249 g/mol. The molecule has 5 heteroatoms. The van der Waals surface area contributed by atoms with E-state index < -0.39 is 5.41 Å². The maximum absolute atomic E-state index is 11.6. The predicted octanol–water partition coefficient (Wildman–Crippen LogP) is 2.13.